The zero-order valence-electron chi connectivity index (χ0n) is 12.2. The van der Waals surface area contributed by atoms with Crippen molar-refractivity contribution in [1.29, 1.82) is 0 Å². The van der Waals surface area contributed by atoms with E-state index in [9.17, 15) is 0 Å². The van der Waals surface area contributed by atoms with E-state index in [1.807, 2.05) is 30.3 Å². The maximum atomic E-state index is 5.55. The molecule has 114 valence electrons. The monoisotopic (exact) mass is 283 g/mol. The molecule has 0 amide bonds. The van der Waals surface area contributed by atoms with E-state index < -0.39 is 0 Å². The van der Waals surface area contributed by atoms with Crippen LogP contribution in [0.3, 0.4) is 0 Å². The molecular weight excluding hydrogens is 258 g/mol. The number of rotatable bonds is 13. The Kier molecular flexibility index (Phi) is 10.9. The first-order chi connectivity index (χ1) is 9.93. The van der Waals surface area contributed by atoms with E-state index in [2.05, 4.69) is 5.32 Å². The maximum absolute atomic E-state index is 5.55. The van der Waals surface area contributed by atoms with Crippen LogP contribution in [0.1, 0.15) is 0 Å². The minimum atomic E-state index is 0.612. The Morgan fingerprint density at radius 2 is 1.45 bits per heavy atom. The summed E-state index contributed by atoms with van der Waals surface area (Å²) >= 11 is 0. The summed E-state index contributed by atoms with van der Waals surface area (Å²) in [6.07, 6.45) is 0. The van der Waals surface area contributed by atoms with E-state index in [0.29, 0.717) is 39.6 Å². The van der Waals surface area contributed by atoms with Gasteiger partial charge in [-0.3, -0.25) is 0 Å². The van der Waals surface area contributed by atoms with E-state index >= 15 is 0 Å². The van der Waals surface area contributed by atoms with Crippen LogP contribution in [0.15, 0.2) is 30.3 Å². The predicted octanol–water partition coefficient (Wildman–Crippen LogP) is 1.33. The molecule has 0 aliphatic carbocycles. The number of methoxy groups -OCH3 is 1. The number of hydrogen-bond acceptors (Lipinski definition) is 5. The average Bonchev–Trinajstić information content (AvgIpc) is 2.49. The topological polar surface area (TPSA) is 49.0 Å². The van der Waals surface area contributed by atoms with Crippen molar-refractivity contribution in [2.45, 2.75) is 0 Å². The van der Waals surface area contributed by atoms with Crippen molar-refractivity contribution < 1.29 is 18.9 Å². The Morgan fingerprint density at radius 3 is 2.20 bits per heavy atom. The second-order valence-corrected chi connectivity index (χ2v) is 4.13. The second-order valence-electron chi connectivity index (χ2n) is 4.13. The van der Waals surface area contributed by atoms with Crippen molar-refractivity contribution in [3.05, 3.63) is 30.3 Å². The number of ether oxygens (including phenoxy) is 4. The molecule has 1 N–H and O–H groups in total. The summed E-state index contributed by atoms with van der Waals surface area (Å²) in [5, 5.41) is 3.26. The lowest BCUT2D eigenvalue weighted by molar-refractivity contribution is 0.0255. The molecule has 1 aromatic carbocycles. The lowest BCUT2D eigenvalue weighted by Gasteiger charge is -2.08. The van der Waals surface area contributed by atoms with Gasteiger partial charge in [0.25, 0.3) is 0 Å². The first kappa shape index (κ1) is 16.9. The quantitative estimate of drug-likeness (QED) is 0.554. The van der Waals surface area contributed by atoms with E-state index in [4.69, 9.17) is 18.9 Å². The third-order valence-electron chi connectivity index (χ3n) is 2.52. The van der Waals surface area contributed by atoms with Crippen LogP contribution in [0, 0.1) is 0 Å². The summed E-state index contributed by atoms with van der Waals surface area (Å²) in [7, 11) is 1.66. The largest absolute Gasteiger partial charge is 0.492 e. The summed E-state index contributed by atoms with van der Waals surface area (Å²) in [6, 6.07) is 9.80. The molecule has 0 aliphatic heterocycles. The van der Waals surface area contributed by atoms with Gasteiger partial charge in [-0.1, -0.05) is 18.2 Å². The van der Waals surface area contributed by atoms with Gasteiger partial charge in [0, 0.05) is 20.2 Å². The van der Waals surface area contributed by atoms with Crippen LogP contribution >= 0.6 is 0 Å². The summed E-state index contributed by atoms with van der Waals surface area (Å²) in [5.41, 5.74) is 0. The molecule has 0 spiro atoms. The molecule has 1 rings (SSSR count). The number of hydrogen-bond donors (Lipinski definition) is 1. The highest BCUT2D eigenvalue weighted by atomic mass is 16.5. The summed E-state index contributed by atoms with van der Waals surface area (Å²) < 4.78 is 21.1. The van der Waals surface area contributed by atoms with Crippen LogP contribution in [0.2, 0.25) is 0 Å². The van der Waals surface area contributed by atoms with Crippen LogP contribution in [-0.2, 0) is 14.2 Å². The summed E-state index contributed by atoms with van der Waals surface area (Å²) in [4.78, 5) is 0. The van der Waals surface area contributed by atoms with Gasteiger partial charge in [0.1, 0.15) is 12.4 Å². The molecule has 5 nitrogen and oxygen atoms in total. The highest BCUT2D eigenvalue weighted by molar-refractivity contribution is 5.20. The highest BCUT2D eigenvalue weighted by Gasteiger charge is 1.93. The molecule has 0 saturated heterocycles. The Balaban J connectivity index is 1.77. The van der Waals surface area contributed by atoms with Gasteiger partial charge in [-0.15, -0.1) is 0 Å². The first-order valence-corrected chi connectivity index (χ1v) is 6.96. The molecule has 0 heterocycles. The normalized spacial score (nSPS) is 10.7. The number of benzene rings is 1. The highest BCUT2D eigenvalue weighted by Crippen LogP contribution is 2.07. The SMILES string of the molecule is COCCOCCOCCNCCOc1ccccc1. The number of nitrogens with one attached hydrogen (secondary N) is 1. The lowest BCUT2D eigenvalue weighted by Crippen LogP contribution is -2.25. The Bertz CT molecular complexity index is 308. The van der Waals surface area contributed by atoms with Crippen molar-refractivity contribution >= 4 is 0 Å². The average molecular weight is 283 g/mol. The minimum absolute atomic E-state index is 0.612. The lowest BCUT2D eigenvalue weighted by atomic mass is 10.3. The molecule has 5 heteroatoms. The van der Waals surface area contributed by atoms with Crippen LogP contribution in [0.5, 0.6) is 5.75 Å². The molecular formula is C15H25NO4. The third kappa shape index (κ3) is 9.75. The van der Waals surface area contributed by atoms with E-state index in [0.717, 1.165) is 18.8 Å². The van der Waals surface area contributed by atoms with Gasteiger partial charge in [-0.25, -0.2) is 0 Å². The molecule has 0 saturated carbocycles. The zero-order chi connectivity index (χ0) is 14.3. The van der Waals surface area contributed by atoms with Gasteiger partial charge in [-0.05, 0) is 12.1 Å². The van der Waals surface area contributed by atoms with Crippen molar-refractivity contribution in [3.8, 4) is 5.75 Å². The van der Waals surface area contributed by atoms with Crippen molar-refractivity contribution in [1.82, 2.24) is 5.32 Å². The van der Waals surface area contributed by atoms with E-state index in [1.54, 1.807) is 7.11 Å². The Morgan fingerprint density at radius 1 is 0.800 bits per heavy atom. The maximum Gasteiger partial charge on any atom is 0.119 e. The Labute approximate surface area is 121 Å². The standard InChI is InChI=1S/C15H25NO4/c1-17-11-12-19-14-13-18-9-7-16-8-10-20-15-5-3-2-4-6-15/h2-6,16H,7-14H2,1H3. The minimum Gasteiger partial charge on any atom is -0.492 e. The molecule has 1 aromatic rings. The van der Waals surface area contributed by atoms with Crippen LogP contribution < -0.4 is 10.1 Å². The second kappa shape index (κ2) is 12.9. The van der Waals surface area contributed by atoms with Gasteiger partial charge in [0.15, 0.2) is 0 Å². The predicted molar refractivity (Wildman–Crippen MR) is 78.3 cm³/mol. The van der Waals surface area contributed by atoms with Crippen molar-refractivity contribution in [2.75, 3.05) is 59.8 Å². The molecule has 0 unspecified atom stereocenters. The molecule has 0 atom stereocenters. The fourth-order valence-corrected chi connectivity index (χ4v) is 1.49. The fourth-order valence-electron chi connectivity index (χ4n) is 1.49. The first-order valence-electron chi connectivity index (χ1n) is 6.96. The van der Waals surface area contributed by atoms with Crippen LogP contribution in [0.25, 0.3) is 0 Å². The Hall–Kier alpha value is -1.14. The molecule has 0 aromatic heterocycles. The van der Waals surface area contributed by atoms with Gasteiger partial charge < -0.3 is 24.3 Å². The summed E-state index contributed by atoms with van der Waals surface area (Å²) in [5.74, 6) is 0.902. The number of para-hydroxylation sites is 1. The molecule has 0 aliphatic rings. The molecule has 0 bridgehead atoms. The van der Waals surface area contributed by atoms with Crippen molar-refractivity contribution in [2.24, 2.45) is 0 Å². The van der Waals surface area contributed by atoms with Crippen molar-refractivity contribution in [3.63, 3.8) is 0 Å². The van der Waals surface area contributed by atoms with Gasteiger partial charge >= 0.3 is 0 Å². The van der Waals surface area contributed by atoms with Crippen LogP contribution in [-0.4, -0.2) is 59.8 Å². The van der Waals surface area contributed by atoms with E-state index in [-0.39, 0.29) is 0 Å². The molecule has 20 heavy (non-hydrogen) atoms. The third-order valence-corrected chi connectivity index (χ3v) is 2.52. The van der Waals surface area contributed by atoms with E-state index in [1.165, 1.54) is 0 Å². The van der Waals surface area contributed by atoms with Gasteiger partial charge in [-0.2, -0.15) is 0 Å². The summed E-state index contributed by atoms with van der Waals surface area (Å²) in [6.45, 7) is 5.44. The van der Waals surface area contributed by atoms with Crippen LogP contribution in [0.4, 0.5) is 0 Å². The van der Waals surface area contributed by atoms with Gasteiger partial charge in [0.05, 0.1) is 33.0 Å². The molecule has 0 radical (unpaired) electrons. The smallest absolute Gasteiger partial charge is 0.119 e. The zero-order valence-corrected chi connectivity index (χ0v) is 12.2. The fraction of sp³-hybridized carbons (Fsp3) is 0.600. The van der Waals surface area contributed by atoms with Gasteiger partial charge in [0.2, 0.25) is 0 Å². The molecule has 0 fully saturated rings.